The van der Waals surface area contributed by atoms with Gasteiger partial charge >= 0.3 is 11.9 Å². The van der Waals surface area contributed by atoms with E-state index >= 15 is 0 Å². The zero-order chi connectivity index (χ0) is 24.3. The number of fused-ring (bicyclic) bond motifs is 1. The summed E-state index contributed by atoms with van der Waals surface area (Å²) in [5.41, 5.74) is 0.586. The maximum atomic E-state index is 12.9. The second kappa shape index (κ2) is 9.70. The van der Waals surface area contributed by atoms with Gasteiger partial charge in [0.15, 0.2) is 0 Å². The third-order valence-electron chi connectivity index (χ3n) is 4.28. The van der Waals surface area contributed by atoms with Crippen LogP contribution in [0.25, 0.3) is 0 Å². The van der Waals surface area contributed by atoms with Crippen LogP contribution in [0.15, 0.2) is 34.6 Å². The van der Waals surface area contributed by atoms with Gasteiger partial charge in [0.25, 0.3) is 11.8 Å². The molecule has 0 spiro atoms. The van der Waals surface area contributed by atoms with Gasteiger partial charge in [-0.05, 0) is 37.9 Å². The Morgan fingerprint density at radius 1 is 1.42 bits per heavy atom. The van der Waals surface area contributed by atoms with Gasteiger partial charge < -0.3 is 20.0 Å². The Morgan fingerprint density at radius 3 is 2.73 bits per heavy atom. The number of oxime groups is 1. The predicted octanol–water partition coefficient (Wildman–Crippen LogP) is 0.525. The SMILES string of the molecule is C=CC1=C(C(=O)O)N2C(=O)C(NC(=O)C(=NOCC(=O)OC(C)(C)C)c3ncsn3)[C@@H]2SC1. The Labute approximate surface area is 196 Å². The summed E-state index contributed by atoms with van der Waals surface area (Å²) in [6.07, 6.45) is 1.40. The van der Waals surface area contributed by atoms with E-state index < -0.39 is 47.4 Å². The molecule has 0 saturated carbocycles. The quantitative estimate of drug-likeness (QED) is 0.225. The van der Waals surface area contributed by atoms with E-state index in [1.807, 2.05) is 0 Å². The first-order chi connectivity index (χ1) is 15.5. The van der Waals surface area contributed by atoms with E-state index in [-0.39, 0.29) is 17.2 Å². The molecule has 3 heterocycles. The Morgan fingerprint density at radius 2 is 2.15 bits per heavy atom. The molecule has 1 unspecified atom stereocenters. The maximum absolute atomic E-state index is 12.9. The largest absolute Gasteiger partial charge is 0.477 e. The number of carboxylic acids is 1. The predicted molar refractivity (Wildman–Crippen MR) is 118 cm³/mol. The summed E-state index contributed by atoms with van der Waals surface area (Å²) < 4.78 is 9.06. The maximum Gasteiger partial charge on any atom is 0.352 e. The molecule has 176 valence electrons. The fourth-order valence-electron chi connectivity index (χ4n) is 2.99. The van der Waals surface area contributed by atoms with Crippen LogP contribution in [-0.4, -0.2) is 78.2 Å². The van der Waals surface area contributed by atoms with Crippen molar-refractivity contribution in [3.05, 3.63) is 35.3 Å². The van der Waals surface area contributed by atoms with Crippen LogP contribution in [0.4, 0.5) is 0 Å². The number of hydrogen-bond acceptors (Lipinski definition) is 11. The third kappa shape index (κ3) is 5.39. The molecule has 14 heteroatoms. The Bertz CT molecular complexity index is 1050. The van der Waals surface area contributed by atoms with E-state index in [2.05, 4.69) is 26.4 Å². The van der Waals surface area contributed by atoms with E-state index in [1.54, 1.807) is 20.8 Å². The summed E-state index contributed by atoms with van der Waals surface area (Å²) >= 11 is 2.26. The van der Waals surface area contributed by atoms with E-state index in [1.165, 1.54) is 23.3 Å². The van der Waals surface area contributed by atoms with Gasteiger partial charge in [0.1, 0.15) is 28.2 Å². The van der Waals surface area contributed by atoms with Crippen molar-refractivity contribution >= 4 is 52.8 Å². The minimum Gasteiger partial charge on any atom is -0.477 e. The summed E-state index contributed by atoms with van der Waals surface area (Å²) in [6.45, 7) is 8.11. The van der Waals surface area contributed by atoms with Crippen LogP contribution >= 0.6 is 23.3 Å². The number of aliphatic carboxylic acids is 1. The number of aromatic nitrogens is 2. The molecule has 1 aromatic heterocycles. The molecule has 0 aromatic carbocycles. The van der Waals surface area contributed by atoms with Crippen LogP contribution < -0.4 is 5.32 Å². The van der Waals surface area contributed by atoms with Crippen molar-refractivity contribution in [1.82, 2.24) is 19.6 Å². The second-order valence-corrected chi connectivity index (χ2v) is 9.51. The first kappa shape index (κ1) is 24.4. The number of carbonyl (C=O) groups excluding carboxylic acids is 3. The number of amides is 2. The standard InChI is InChI=1S/C19H21N5O7S2/c1-5-9-7-32-17-12(16(27)24(17)13(9)18(28)29)21-15(26)11(14-20-8-33-23-14)22-30-6-10(25)31-19(2,3)4/h5,8,12,17H,1,6-7H2,2-4H3,(H,21,26)(H,28,29)/t12?,17-/m0/s1. The van der Waals surface area contributed by atoms with Gasteiger partial charge in [-0.2, -0.15) is 4.37 Å². The zero-order valence-electron chi connectivity index (χ0n) is 17.9. The van der Waals surface area contributed by atoms with Crippen molar-refractivity contribution in [3.8, 4) is 0 Å². The van der Waals surface area contributed by atoms with Gasteiger partial charge in [-0.25, -0.2) is 14.6 Å². The molecule has 2 N–H and O–H groups in total. The average molecular weight is 496 g/mol. The Kier molecular flexibility index (Phi) is 7.17. The lowest BCUT2D eigenvalue weighted by Gasteiger charge is -2.49. The highest BCUT2D eigenvalue weighted by molar-refractivity contribution is 8.00. The molecule has 1 fully saturated rings. The van der Waals surface area contributed by atoms with Crippen LogP contribution in [0.3, 0.4) is 0 Å². The number of nitrogens with one attached hydrogen (secondary N) is 1. The van der Waals surface area contributed by atoms with Gasteiger partial charge in [0.2, 0.25) is 18.1 Å². The number of ether oxygens (including phenoxy) is 1. The molecule has 33 heavy (non-hydrogen) atoms. The minimum absolute atomic E-state index is 0.0540. The summed E-state index contributed by atoms with van der Waals surface area (Å²) in [5, 5.41) is 15.1. The molecule has 0 radical (unpaired) electrons. The highest BCUT2D eigenvalue weighted by Crippen LogP contribution is 2.40. The van der Waals surface area contributed by atoms with Gasteiger partial charge in [-0.3, -0.25) is 14.5 Å². The van der Waals surface area contributed by atoms with Gasteiger partial charge in [0, 0.05) is 5.75 Å². The molecule has 12 nitrogen and oxygen atoms in total. The molecule has 1 aromatic rings. The molecule has 2 aliphatic heterocycles. The number of allylic oxidation sites excluding steroid dienone is 1. The lowest BCUT2D eigenvalue weighted by molar-refractivity contribution is -0.160. The summed E-state index contributed by atoms with van der Waals surface area (Å²) in [5.74, 6) is -3.07. The molecule has 3 rings (SSSR count). The van der Waals surface area contributed by atoms with E-state index in [0.717, 1.165) is 16.4 Å². The summed E-state index contributed by atoms with van der Waals surface area (Å²) in [6, 6.07) is -0.988. The molecular formula is C19H21N5O7S2. The number of β-lactam (4-membered cyclic amide) rings is 1. The van der Waals surface area contributed by atoms with Gasteiger partial charge in [-0.1, -0.05) is 17.8 Å². The van der Waals surface area contributed by atoms with Crippen molar-refractivity contribution in [2.24, 2.45) is 5.16 Å². The van der Waals surface area contributed by atoms with Crippen molar-refractivity contribution < 1.29 is 33.9 Å². The van der Waals surface area contributed by atoms with Gasteiger partial charge in [-0.15, -0.1) is 11.8 Å². The third-order valence-corrected chi connectivity index (χ3v) is 6.06. The number of hydrogen-bond donors (Lipinski definition) is 2. The number of carboxylic acid groups (broad SMARTS) is 1. The van der Waals surface area contributed by atoms with Crippen molar-refractivity contribution in [1.29, 1.82) is 0 Å². The molecule has 2 aliphatic rings. The molecular weight excluding hydrogens is 474 g/mol. The van der Waals surface area contributed by atoms with Crippen LogP contribution in [0.5, 0.6) is 0 Å². The Balaban J connectivity index is 1.72. The van der Waals surface area contributed by atoms with Crippen LogP contribution in [-0.2, 0) is 28.8 Å². The molecule has 0 aliphatic carbocycles. The summed E-state index contributed by atoms with van der Waals surface area (Å²) in [7, 11) is 0. The molecule has 2 atom stereocenters. The highest BCUT2D eigenvalue weighted by atomic mass is 32.2. The lowest BCUT2D eigenvalue weighted by Crippen LogP contribution is -2.71. The molecule has 2 amide bonds. The van der Waals surface area contributed by atoms with Crippen molar-refractivity contribution in [3.63, 3.8) is 0 Å². The zero-order valence-corrected chi connectivity index (χ0v) is 19.6. The number of rotatable bonds is 8. The van der Waals surface area contributed by atoms with Crippen molar-refractivity contribution in [2.45, 2.75) is 37.8 Å². The lowest BCUT2D eigenvalue weighted by atomic mass is 10.0. The number of thioether (sulfide) groups is 1. The van der Waals surface area contributed by atoms with Crippen LogP contribution in [0.2, 0.25) is 0 Å². The number of esters is 1. The number of carbonyl (C=O) groups is 4. The minimum atomic E-state index is -1.25. The topological polar surface area (TPSA) is 160 Å². The molecule has 0 bridgehead atoms. The monoisotopic (exact) mass is 495 g/mol. The van der Waals surface area contributed by atoms with E-state index in [9.17, 15) is 24.3 Å². The average Bonchev–Trinajstić information content (AvgIpc) is 3.26. The Hall–Kier alpha value is -3.26. The fourth-order valence-corrected chi connectivity index (χ4v) is 4.76. The van der Waals surface area contributed by atoms with Crippen molar-refractivity contribution in [2.75, 3.05) is 12.4 Å². The van der Waals surface area contributed by atoms with Crippen LogP contribution in [0, 0.1) is 0 Å². The molecule has 1 saturated heterocycles. The van der Waals surface area contributed by atoms with E-state index in [4.69, 9.17) is 9.57 Å². The second-order valence-electron chi connectivity index (χ2n) is 7.80. The normalized spacial score (nSPS) is 20.5. The highest BCUT2D eigenvalue weighted by Gasteiger charge is 2.54. The smallest absolute Gasteiger partial charge is 0.352 e. The van der Waals surface area contributed by atoms with Gasteiger partial charge in [0.05, 0.1) is 0 Å². The van der Waals surface area contributed by atoms with Crippen LogP contribution in [0.1, 0.15) is 26.6 Å². The fraction of sp³-hybridized carbons (Fsp3) is 0.421. The number of nitrogens with zero attached hydrogens (tertiary/aromatic N) is 4. The first-order valence-electron chi connectivity index (χ1n) is 9.56. The summed E-state index contributed by atoms with van der Waals surface area (Å²) in [4.78, 5) is 59.0. The van der Waals surface area contributed by atoms with E-state index in [0.29, 0.717) is 11.3 Å². The first-order valence-corrected chi connectivity index (χ1v) is 11.4.